The number of nitrogens with zero attached hydrogens (tertiary/aromatic N) is 1. The molecule has 1 aliphatic rings. The molecule has 166 valence electrons. The molecule has 7 nitrogen and oxygen atoms in total. The molecule has 1 aromatic rings. The standard InChI is InChI=1S/C23H35N3O4/c1-15(2)26-13-17(12-21(26)28)22(29)25-10-9-24-20(27)14-30-19-8-7-16(3)11-18(19)23(4,5)6/h7-8,11,15,17H,9-10,12-14H2,1-6H3,(H,24,27)(H,25,29). The molecule has 0 radical (unpaired) electrons. The quantitative estimate of drug-likeness (QED) is 0.635. The van der Waals surface area contributed by atoms with E-state index in [0.29, 0.717) is 25.4 Å². The van der Waals surface area contributed by atoms with E-state index in [-0.39, 0.29) is 48.1 Å². The number of aryl methyl sites for hydroxylation is 1. The number of benzene rings is 1. The molecule has 1 saturated heterocycles. The number of amides is 3. The molecule has 2 rings (SSSR count). The molecule has 30 heavy (non-hydrogen) atoms. The van der Waals surface area contributed by atoms with Gasteiger partial charge >= 0.3 is 0 Å². The van der Waals surface area contributed by atoms with Gasteiger partial charge in [-0.15, -0.1) is 0 Å². The van der Waals surface area contributed by atoms with Gasteiger partial charge in [0.1, 0.15) is 5.75 Å². The molecule has 0 aromatic heterocycles. The summed E-state index contributed by atoms with van der Waals surface area (Å²) in [5.74, 6) is 0.00738. The first kappa shape index (κ1) is 23.7. The first-order valence-electron chi connectivity index (χ1n) is 10.6. The largest absolute Gasteiger partial charge is 0.483 e. The molecule has 3 amide bonds. The summed E-state index contributed by atoms with van der Waals surface area (Å²) < 4.78 is 5.74. The number of nitrogens with one attached hydrogen (secondary N) is 2. The highest BCUT2D eigenvalue weighted by Crippen LogP contribution is 2.32. The lowest BCUT2D eigenvalue weighted by Crippen LogP contribution is -2.40. The molecule has 7 heteroatoms. The highest BCUT2D eigenvalue weighted by Gasteiger charge is 2.35. The predicted octanol–water partition coefficient (Wildman–Crippen LogP) is 2.16. The first-order chi connectivity index (χ1) is 14.0. The van der Waals surface area contributed by atoms with E-state index in [1.165, 1.54) is 0 Å². The van der Waals surface area contributed by atoms with Crippen LogP contribution in [-0.2, 0) is 19.8 Å². The van der Waals surface area contributed by atoms with E-state index >= 15 is 0 Å². The Morgan fingerprint density at radius 2 is 1.87 bits per heavy atom. The van der Waals surface area contributed by atoms with Crippen LogP contribution in [0, 0.1) is 12.8 Å². The Kier molecular flexibility index (Phi) is 7.87. The van der Waals surface area contributed by atoms with E-state index in [4.69, 9.17) is 4.74 Å². The zero-order chi connectivity index (χ0) is 22.5. The smallest absolute Gasteiger partial charge is 0.258 e. The zero-order valence-corrected chi connectivity index (χ0v) is 19.0. The van der Waals surface area contributed by atoms with Gasteiger partial charge in [-0.3, -0.25) is 14.4 Å². The van der Waals surface area contributed by atoms with Crippen molar-refractivity contribution in [3.63, 3.8) is 0 Å². The van der Waals surface area contributed by atoms with Gasteiger partial charge in [0.2, 0.25) is 11.8 Å². The van der Waals surface area contributed by atoms with Crippen LogP contribution < -0.4 is 15.4 Å². The Morgan fingerprint density at radius 3 is 2.47 bits per heavy atom. The van der Waals surface area contributed by atoms with Crippen LogP contribution >= 0.6 is 0 Å². The fraction of sp³-hybridized carbons (Fsp3) is 0.609. The highest BCUT2D eigenvalue weighted by atomic mass is 16.5. The van der Waals surface area contributed by atoms with Crippen molar-refractivity contribution in [3.05, 3.63) is 29.3 Å². The Balaban J connectivity index is 1.73. The van der Waals surface area contributed by atoms with Crippen molar-refractivity contribution < 1.29 is 19.1 Å². The Hall–Kier alpha value is -2.57. The summed E-state index contributed by atoms with van der Waals surface area (Å²) in [6.45, 7) is 13.2. The topological polar surface area (TPSA) is 87.7 Å². The van der Waals surface area contributed by atoms with Crippen molar-refractivity contribution >= 4 is 17.7 Å². The van der Waals surface area contributed by atoms with Crippen molar-refractivity contribution in [3.8, 4) is 5.75 Å². The maximum Gasteiger partial charge on any atom is 0.258 e. The molecule has 2 N–H and O–H groups in total. The van der Waals surface area contributed by atoms with Gasteiger partial charge in [-0.25, -0.2) is 0 Å². The molecule has 0 saturated carbocycles. The summed E-state index contributed by atoms with van der Waals surface area (Å²) in [5.41, 5.74) is 2.12. The third-order valence-corrected chi connectivity index (χ3v) is 5.20. The molecule has 1 aromatic carbocycles. The fourth-order valence-electron chi connectivity index (χ4n) is 3.49. The van der Waals surface area contributed by atoms with E-state index in [1.807, 2.05) is 32.9 Å². The monoisotopic (exact) mass is 417 g/mol. The van der Waals surface area contributed by atoms with Gasteiger partial charge in [-0.1, -0.05) is 38.5 Å². The predicted molar refractivity (Wildman–Crippen MR) is 116 cm³/mol. The molecule has 0 bridgehead atoms. The van der Waals surface area contributed by atoms with E-state index in [0.717, 1.165) is 11.1 Å². The number of rotatable bonds is 8. The lowest BCUT2D eigenvalue weighted by molar-refractivity contribution is -0.129. The minimum atomic E-state index is -0.323. The highest BCUT2D eigenvalue weighted by molar-refractivity contribution is 5.89. The van der Waals surface area contributed by atoms with E-state index in [1.54, 1.807) is 4.90 Å². The van der Waals surface area contributed by atoms with Crippen molar-refractivity contribution in [2.75, 3.05) is 26.2 Å². The van der Waals surface area contributed by atoms with Gasteiger partial charge < -0.3 is 20.3 Å². The van der Waals surface area contributed by atoms with Crippen molar-refractivity contribution in [1.29, 1.82) is 0 Å². The third-order valence-electron chi connectivity index (χ3n) is 5.20. The third kappa shape index (κ3) is 6.47. The van der Waals surface area contributed by atoms with E-state index in [2.05, 4.69) is 37.5 Å². The van der Waals surface area contributed by atoms with E-state index < -0.39 is 0 Å². The first-order valence-corrected chi connectivity index (χ1v) is 10.6. The number of carbonyl (C=O) groups excluding carboxylic acids is 3. The average Bonchev–Trinajstić information content (AvgIpc) is 3.05. The minimum Gasteiger partial charge on any atom is -0.483 e. The molecule has 1 heterocycles. The van der Waals surface area contributed by atoms with E-state index in [9.17, 15) is 14.4 Å². The van der Waals surface area contributed by atoms with Gasteiger partial charge in [-0.2, -0.15) is 0 Å². The zero-order valence-electron chi connectivity index (χ0n) is 19.0. The van der Waals surface area contributed by atoms with Crippen LogP contribution in [0.2, 0.25) is 0 Å². The average molecular weight is 418 g/mol. The molecule has 0 spiro atoms. The second kappa shape index (κ2) is 9.96. The molecule has 1 aliphatic heterocycles. The van der Waals surface area contributed by atoms with Gasteiger partial charge in [0.05, 0.1) is 5.92 Å². The molecule has 1 atom stereocenters. The number of hydrogen-bond acceptors (Lipinski definition) is 4. The summed E-state index contributed by atoms with van der Waals surface area (Å²) >= 11 is 0. The van der Waals surface area contributed by atoms with Gasteiger partial charge in [-0.05, 0) is 37.8 Å². The summed E-state index contributed by atoms with van der Waals surface area (Å²) in [6.07, 6.45) is 0.247. The van der Waals surface area contributed by atoms with Crippen LogP contribution in [0.1, 0.15) is 52.2 Å². The van der Waals surface area contributed by atoms with Crippen molar-refractivity contribution in [2.24, 2.45) is 5.92 Å². The maximum absolute atomic E-state index is 12.2. The van der Waals surface area contributed by atoms with Crippen LogP contribution in [0.15, 0.2) is 18.2 Å². The minimum absolute atomic E-state index is 0.0151. The number of likely N-dealkylation sites (tertiary alicyclic amines) is 1. The maximum atomic E-state index is 12.2. The Morgan fingerprint density at radius 1 is 1.20 bits per heavy atom. The second-order valence-electron chi connectivity index (χ2n) is 9.22. The normalized spacial score (nSPS) is 16.7. The van der Waals surface area contributed by atoms with Crippen LogP contribution in [0.25, 0.3) is 0 Å². The lowest BCUT2D eigenvalue weighted by Gasteiger charge is -2.23. The van der Waals surface area contributed by atoms with Gasteiger partial charge in [0.15, 0.2) is 6.61 Å². The Labute approximate surface area is 179 Å². The molecule has 0 aliphatic carbocycles. The summed E-state index contributed by atoms with van der Waals surface area (Å²) in [5, 5.41) is 5.54. The number of carbonyl (C=O) groups is 3. The van der Waals surface area contributed by atoms with Gasteiger partial charge in [0.25, 0.3) is 5.91 Å². The SMILES string of the molecule is Cc1ccc(OCC(=O)NCCNC(=O)C2CC(=O)N(C(C)C)C2)c(C(C)(C)C)c1. The van der Waals surface area contributed by atoms with Crippen molar-refractivity contribution in [2.45, 2.75) is 59.4 Å². The van der Waals surface area contributed by atoms with Crippen LogP contribution in [-0.4, -0.2) is 54.9 Å². The summed E-state index contributed by atoms with van der Waals surface area (Å²) in [4.78, 5) is 38.0. The Bertz CT molecular complexity index is 783. The molecular weight excluding hydrogens is 382 g/mol. The van der Waals surface area contributed by atoms with Gasteiger partial charge in [0, 0.05) is 32.1 Å². The van der Waals surface area contributed by atoms with Crippen LogP contribution in [0.3, 0.4) is 0 Å². The molecule has 1 unspecified atom stereocenters. The van der Waals surface area contributed by atoms with Crippen LogP contribution in [0.5, 0.6) is 5.75 Å². The molecular formula is C23H35N3O4. The summed E-state index contributed by atoms with van der Waals surface area (Å²) in [7, 11) is 0. The summed E-state index contributed by atoms with van der Waals surface area (Å²) in [6, 6.07) is 6.04. The fourth-order valence-corrected chi connectivity index (χ4v) is 3.49. The van der Waals surface area contributed by atoms with Crippen molar-refractivity contribution in [1.82, 2.24) is 15.5 Å². The number of hydrogen-bond donors (Lipinski definition) is 2. The second-order valence-corrected chi connectivity index (χ2v) is 9.22. The lowest BCUT2D eigenvalue weighted by atomic mass is 9.85. The number of ether oxygens (including phenoxy) is 1. The van der Waals surface area contributed by atoms with Crippen LogP contribution in [0.4, 0.5) is 0 Å². The molecule has 1 fully saturated rings.